The van der Waals surface area contributed by atoms with E-state index in [2.05, 4.69) is 183 Å². The lowest BCUT2D eigenvalue weighted by molar-refractivity contribution is 1.64. The molecule has 11 rings (SSSR count). The zero-order chi connectivity index (χ0) is 35.0. The summed E-state index contributed by atoms with van der Waals surface area (Å²) < 4.78 is 2.62. The minimum Gasteiger partial charge on any atom is -0.141 e. The van der Waals surface area contributed by atoms with Crippen LogP contribution in [0.5, 0.6) is 0 Å². The summed E-state index contributed by atoms with van der Waals surface area (Å²) in [5, 5.41) is 13.0. The van der Waals surface area contributed by atoms with E-state index in [1.165, 1.54) is 112 Å². The maximum Gasteiger partial charge on any atom is 0.0361 e. The van der Waals surface area contributed by atoms with Crippen molar-refractivity contribution in [1.82, 2.24) is 0 Å². The fourth-order valence-electron chi connectivity index (χ4n) is 8.87. The molecule has 2 aromatic heterocycles. The van der Waals surface area contributed by atoms with Gasteiger partial charge in [0.15, 0.2) is 0 Å². The van der Waals surface area contributed by atoms with E-state index in [9.17, 15) is 0 Å². The van der Waals surface area contributed by atoms with Crippen LogP contribution in [0.2, 0.25) is 0 Å². The van der Waals surface area contributed by atoms with Crippen LogP contribution in [0.25, 0.3) is 107 Å². The van der Waals surface area contributed by atoms with E-state index in [1.807, 2.05) is 22.7 Å². The van der Waals surface area contributed by atoms with Gasteiger partial charge in [0.05, 0.1) is 0 Å². The second kappa shape index (κ2) is 12.0. The molecule has 0 atom stereocenters. The number of benzene rings is 9. The van der Waals surface area contributed by atoms with Gasteiger partial charge < -0.3 is 0 Å². The molecule has 0 aliphatic heterocycles. The van der Waals surface area contributed by atoms with Crippen molar-refractivity contribution in [1.29, 1.82) is 0 Å². The third-order valence-electron chi connectivity index (χ3n) is 11.0. The molecule has 0 radical (unpaired) electrons. The van der Waals surface area contributed by atoms with Crippen molar-refractivity contribution < 1.29 is 0 Å². The van der Waals surface area contributed by atoms with Crippen molar-refractivity contribution >= 4 is 85.9 Å². The van der Waals surface area contributed by atoms with Crippen LogP contribution >= 0.6 is 22.7 Å². The van der Waals surface area contributed by atoms with E-state index in [0.717, 1.165) is 0 Å². The first-order valence-corrected chi connectivity index (χ1v) is 19.8. The molecule has 0 nitrogen and oxygen atoms in total. The quantitative estimate of drug-likeness (QED) is 0.160. The van der Waals surface area contributed by atoms with Crippen molar-refractivity contribution in [3.05, 3.63) is 181 Å². The molecule has 53 heavy (non-hydrogen) atoms. The molecule has 0 aliphatic rings. The number of fused-ring (bicyclic) bond motifs is 7. The van der Waals surface area contributed by atoms with E-state index in [1.54, 1.807) is 0 Å². The maximum atomic E-state index is 2.36. The SMILES string of the molecule is Cc1ccc(-c2c3ccccc3c(-c3cccc4sc5cccc(-c6c7ccccc7c(-c7ccccc7)c7ccccc67)c5c34)c3ccccc23)s1. The molecule has 0 bridgehead atoms. The Morgan fingerprint density at radius 1 is 0.302 bits per heavy atom. The Balaban J connectivity index is 1.29. The number of rotatable bonds is 4. The molecule has 0 N–H and O–H groups in total. The summed E-state index contributed by atoms with van der Waals surface area (Å²) in [5.41, 5.74) is 9.05. The molecule has 0 unspecified atom stereocenters. The molecule has 0 saturated carbocycles. The average molecular weight is 709 g/mol. The van der Waals surface area contributed by atoms with Gasteiger partial charge in [-0.3, -0.25) is 0 Å². The lowest BCUT2D eigenvalue weighted by Crippen LogP contribution is -1.92. The van der Waals surface area contributed by atoms with E-state index < -0.39 is 0 Å². The van der Waals surface area contributed by atoms with Crippen LogP contribution in [0.1, 0.15) is 4.88 Å². The Hall–Kier alpha value is -6.06. The van der Waals surface area contributed by atoms with E-state index in [4.69, 9.17) is 0 Å². The highest BCUT2D eigenvalue weighted by atomic mass is 32.1. The third kappa shape index (κ3) is 4.59. The Morgan fingerprint density at radius 3 is 1.11 bits per heavy atom. The largest absolute Gasteiger partial charge is 0.141 e. The van der Waals surface area contributed by atoms with Gasteiger partial charge in [-0.05, 0) is 108 Å². The molecular formula is C51H32S2. The third-order valence-corrected chi connectivity index (χ3v) is 13.1. The summed E-state index contributed by atoms with van der Waals surface area (Å²) in [6.45, 7) is 2.20. The Labute approximate surface area is 315 Å². The number of thiophene rings is 2. The lowest BCUT2D eigenvalue weighted by Gasteiger charge is -2.19. The van der Waals surface area contributed by atoms with Crippen molar-refractivity contribution in [2.45, 2.75) is 6.92 Å². The van der Waals surface area contributed by atoms with Crippen LogP contribution in [-0.2, 0) is 0 Å². The standard InChI is InChI=1S/C51H32S2/c1-31-29-30-45(52-31)49-39-23-11-9-21-37(39)48(38-22-10-12-24-40(38)49)42-26-14-28-44-51(42)50-41(25-13-27-43(50)53-44)47-35-19-7-5-17-33(35)46(32-15-3-2-4-16-32)34-18-6-8-20-36(34)47/h2-30H,1H3. The number of hydrogen-bond acceptors (Lipinski definition) is 2. The second-order valence-electron chi connectivity index (χ2n) is 13.9. The summed E-state index contributed by atoms with van der Waals surface area (Å²) in [4.78, 5) is 2.65. The molecule has 0 fully saturated rings. The van der Waals surface area contributed by atoms with Gasteiger partial charge in [-0.1, -0.05) is 152 Å². The lowest BCUT2D eigenvalue weighted by atomic mass is 9.83. The zero-order valence-electron chi connectivity index (χ0n) is 29.1. The van der Waals surface area contributed by atoms with Gasteiger partial charge in [0.2, 0.25) is 0 Å². The monoisotopic (exact) mass is 708 g/mol. The first kappa shape index (κ1) is 30.6. The molecule has 2 heteroatoms. The molecule has 0 saturated heterocycles. The normalized spacial score (nSPS) is 11.9. The van der Waals surface area contributed by atoms with E-state index in [0.29, 0.717) is 0 Å². The van der Waals surface area contributed by atoms with Gasteiger partial charge in [0, 0.05) is 35.5 Å². The van der Waals surface area contributed by atoms with Crippen LogP contribution < -0.4 is 0 Å². The zero-order valence-corrected chi connectivity index (χ0v) is 30.7. The molecule has 11 aromatic rings. The van der Waals surface area contributed by atoms with Crippen LogP contribution in [0, 0.1) is 6.92 Å². The van der Waals surface area contributed by atoms with Crippen LogP contribution in [0.15, 0.2) is 176 Å². The molecule has 2 heterocycles. The number of hydrogen-bond donors (Lipinski definition) is 0. The number of aryl methyl sites for hydroxylation is 1. The Morgan fingerprint density at radius 2 is 0.698 bits per heavy atom. The minimum absolute atomic E-state index is 1.24. The summed E-state index contributed by atoms with van der Waals surface area (Å²) in [7, 11) is 0. The second-order valence-corrected chi connectivity index (χ2v) is 16.3. The molecule has 9 aromatic carbocycles. The molecule has 0 amide bonds. The van der Waals surface area contributed by atoms with Crippen molar-refractivity contribution in [2.24, 2.45) is 0 Å². The molecule has 0 aliphatic carbocycles. The van der Waals surface area contributed by atoms with Gasteiger partial charge in [0.25, 0.3) is 0 Å². The fourth-order valence-corrected chi connectivity index (χ4v) is 11.0. The smallest absolute Gasteiger partial charge is 0.0361 e. The molecular weight excluding hydrogens is 677 g/mol. The summed E-state index contributed by atoms with van der Waals surface area (Å²) in [5.74, 6) is 0. The highest BCUT2D eigenvalue weighted by Crippen LogP contribution is 2.52. The topological polar surface area (TPSA) is 0 Å². The maximum absolute atomic E-state index is 2.36. The highest BCUT2D eigenvalue weighted by molar-refractivity contribution is 7.26. The predicted molar refractivity (Wildman–Crippen MR) is 234 cm³/mol. The van der Waals surface area contributed by atoms with Crippen LogP contribution in [-0.4, -0.2) is 0 Å². The first-order valence-electron chi connectivity index (χ1n) is 18.2. The highest BCUT2D eigenvalue weighted by Gasteiger charge is 2.23. The van der Waals surface area contributed by atoms with Gasteiger partial charge >= 0.3 is 0 Å². The molecule has 248 valence electrons. The Bertz CT molecular complexity index is 3120. The van der Waals surface area contributed by atoms with Gasteiger partial charge in [-0.15, -0.1) is 22.7 Å². The fraction of sp³-hybridized carbons (Fsp3) is 0.0196. The van der Waals surface area contributed by atoms with Gasteiger partial charge in [-0.25, -0.2) is 0 Å². The summed E-state index contributed by atoms with van der Waals surface area (Å²) in [6.07, 6.45) is 0. The summed E-state index contributed by atoms with van der Waals surface area (Å²) in [6, 6.07) is 65.4. The van der Waals surface area contributed by atoms with Gasteiger partial charge in [-0.2, -0.15) is 0 Å². The minimum atomic E-state index is 1.24. The van der Waals surface area contributed by atoms with Crippen molar-refractivity contribution in [3.8, 4) is 43.8 Å². The summed E-state index contributed by atoms with van der Waals surface area (Å²) >= 11 is 3.79. The van der Waals surface area contributed by atoms with Gasteiger partial charge in [0.1, 0.15) is 0 Å². The predicted octanol–water partition coefficient (Wildman–Crippen LogP) is 15.7. The van der Waals surface area contributed by atoms with Crippen molar-refractivity contribution in [2.75, 3.05) is 0 Å². The molecule has 0 spiro atoms. The van der Waals surface area contributed by atoms with E-state index >= 15 is 0 Å². The average Bonchev–Trinajstić information content (AvgIpc) is 3.82. The first-order chi connectivity index (χ1) is 26.2. The van der Waals surface area contributed by atoms with Crippen molar-refractivity contribution in [3.63, 3.8) is 0 Å². The van der Waals surface area contributed by atoms with Crippen LogP contribution in [0.3, 0.4) is 0 Å². The van der Waals surface area contributed by atoms with Crippen LogP contribution in [0.4, 0.5) is 0 Å². The Kier molecular flexibility index (Phi) is 6.92. The van der Waals surface area contributed by atoms with E-state index in [-0.39, 0.29) is 0 Å².